The molecule has 6 heteroatoms. The Morgan fingerprint density at radius 3 is 2.90 bits per heavy atom. The van der Waals surface area contributed by atoms with Crippen LogP contribution in [-0.4, -0.2) is 33.0 Å². The molecule has 0 saturated carbocycles. The van der Waals surface area contributed by atoms with Gasteiger partial charge in [-0.3, -0.25) is 4.68 Å². The molecule has 3 aromatic rings. The summed E-state index contributed by atoms with van der Waals surface area (Å²) in [6.45, 7) is 1.55. The van der Waals surface area contributed by atoms with Gasteiger partial charge in [-0.2, -0.15) is 5.10 Å². The average Bonchev–Trinajstić information content (AvgIpc) is 3.12. The van der Waals surface area contributed by atoms with Crippen LogP contribution in [0.5, 0.6) is 0 Å². The fourth-order valence-corrected chi connectivity index (χ4v) is 3.02. The predicted molar refractivity (Wildman–Crippen MR) is 79.2 cm³/mol. The van der Waals surface area contributed by atoms with Crippen molar-refractivity contribution < 1.29 is 4.74 Å². The fraction of sp³-hybridized carbons (Fsp3) is 0.333. The van der Waals surface area contributed by atoms with Crippen molar-refractivity contribution in [2.75, 3.05) is 13.2 Å². The molecule has 0 amide bonds. The number of aromatic nitrogens is 4. The molecule has 2 N–H and O–H groups in total. The van der Waals surface area contributed by atoms with Crippen molar-refractivity contribution in [2.24, 2.45) is 0 Å². The number of fused-ring (bicyclic) bond motifs is 1. The van der Waals surface area contributed by atoms with Crippen LogP contribution in [0.4, 0.5) is 0 Å². The Labute approximate surface area is 120 Å². The number of rotatable bonds is 2. The number of H-pyrrole nitrogens is 2. The van der Waals surface area contributed by atoms with Gasteiger partial charge >= 0.3 is 5.69 Å². The van der Waals surface area contributed by atoms with Crippen LogP contribution < -0.4 is 5.69 Å². The van der Waals surface area contributed by atoms with E-state index in [9.17, 15) is 4.79 Å². The summed E-state index contributed by atoms with van der Waals surface area (Å²) in [7, 11) is 0. The van der Waals surface area contributed by atoms with E-state index in [0.29, 0.717) is 6.04 Å². The van der Waals surface area contributed by atoms with Gasteiger partial charge in [0.15, 0.2) is 0 Å². The molecule has 3 heterocycles. The van der Waals surface area contributed by atoms with Gasteiger partial charge in [0.2, 0.25) is 0 Å². The number of nitrogens with zero attached hydrogens (tertiary/aromatic N) is 2. The normalized spacial score (nSPS) is 16.6. The van der Waals surface area contributed by atoms with E-state index in [1.165, 1.54) is 0 Å². The second kappa shape index (κ2) is 4.89. The van der Waals surface area contributed by atoms with E-state index in [1.54, 1.807) is 0 Å². The van der Waals surface area contributed by atoms with E-state index in [2.05, 4.69) is 19.7 Å². The van der Waals surface area contributed by atoms with Crippen LogP contribution in [0.15, 0.2) is 35.3 Å². The molecule has 1 aliphatic rings. The fourth-order valence-electron chi connectivity index (χ4n) is 3.02. The third kappa shape index (κ3) is 2.08. The van der Waals surface area contributed by atoms with Gasteiger partial charge in [-0.15, -0.1) is 0 Å². The minimum Gasteiger partial charge on any atom is -0.381 e. The van der Waals surface area contributed by atoms with Crippen molar-refractivity contribution in [2.45, 2.75) is 18.9 Å². The van der Waals surface area contributed by atoms with Crippen molar-refractivity contribution >= 4 is 11.0 Å². The summed E-state index contributed by atoms with van der Waals surface area (Å²) < 4.78 is 7.48. The lowest BCUT2D eigenvalue weighted by Gasteiger charge is -2.24. The second-order valence-electron chi connectivity index (χ2n) is 5.31. The Morgan fingerprint density at radius 2 is 2.05 bits per heavy atom. The third-order valence-electron chi connectivity index (χ3n) is 4.03. The van der Waals surface area contributed by atoms with Crippen LogP contribution in [-0.2, 0) is 4.74 Å². The summed E-state index contributed by atoms with van der Waals surface area (Å²) in [4.78, 5) is 17.2. The highest BCUT2D eigenvalue weighted by Crippen LogP contribution is 2.30. The summed E-state index contributed by atoms with van der Waals surface area (Å²) >= 11 is 0. The smallest absolute Gasteiger partial charge is 0.323 e. The van der Waals surface area contributed by atoms with Crippen LogP contribution in [0.25, 0.3) is 22.3 Å². The van der Waals surface area contributed by atoms with E-state index in [0.717, 1.165) is 48.3 Å². The van der Waals surface area contributed by atoms with Crippen molar-refractivity contribution in [1.82, 2.24) is 19.7 Å². The van der Waals surface area contributed by atoms with Crippen molar-refractivity contribution in [3.63, 3.8) is 0 Å². The SMILES string of the molecule is O=c1[nH]c2cccc(-c3ccnn3C3CCOCC3)c2[nH]1. The highest BCUT2D eigenvalue weighted by Gasteiger charge is 2.20. The summed E-state index contributed by atoms with van der Waals surface area (Å²) in [5.41, 5.74) is 3.49. The molecule has 0 radical (unpaired) electrons. The van der Waals surface area contributed by atoms with E-state index in [-0.39, 0.29) is 5.69 Å². The van der Waals surface area contributed by atoms with Crippen molar-refractivity contribution in [3.8, 4) is 11.3 Å². The maximum Gasteiger partial charge on any atom is 0.323 e. The molecule has 1 saturated heterocycles. The Kier molecular flexibility index (Phi) is 2.89. The molecule has 0 spiro atoms. The molecule has 1 aromatic carbocycles. The first-order valence-corrected chi connectivity index (χ1v) is 7.15. The van der Waals surface area contributed by atoms with Crippen molar-refractivity contribution in [1.29, 1.82) is 0 Å². The number of hydrogen-bond donors (Lipinski definition) is 2. The van der Waals surface area contributed by atoms with Crippen LogP contribution in [0.3, 0.4) is 0 Å². The Morgan fingerprint density at radius 1 is 1.19 bits per heavy atom. The molecule has 4 rings (SSSR count). The highest BCUT2D eigenvalue weighted by atomic mass is 16.5. The zero-order valence-corrected chi connectivity index (χ0v) is 11.5. The molecule has 0 aliphatic carbocycles. The van der Waals surface area contributed by atoms with Gasteiger partial charge in [0.25, 0.3) is 0 Å². The number of hydrogen-bond acceptors (Lipinski definition) is 3. The molecular formula is C15H16N4O2. The summed E-state index contributed by atoms with van der Waals surface area (Å²) in [6.07, 6.45) is 3.75. The van der Waals surface area contributed by atoms with Gasteiger partial charge in [-0.25, -0.2) is 4.79 Å². The van der Waals surface area contributed by atoms with E-state index >= 15 is 0 Å². The summed E-state index contributed by atoms with van der Waals surface area (Å²) in [5.74, 6) is 0. The maximum absolute atomic E-state index is 11.5. The average molecular weight is 284 g/mol. The second-order valence-corrected chi connectivity index (χ2v) is 5.31. The minimum atomic E-state index is -0.186. The monoisotopic (exact) mass is 284 g/mol. The summed E-state index contributed by atoms with van der Waals surface area (Å²) in [6, 6.07) is 8.20. The first-order valence-electron chi connectivity index (χ1n) is 7.15. The van der Waals surface area contributed by atoms with Crippen LogP contribution in [0, 0.1) is 0 Å². The molecular weight excluding hydrogens is 268 g/mol. The number of nitrogens with one attached hydrogen (secondary N) is 2. The van der Waals surface area contributed by atoms with Gasteiger partial charge in [0.05, 0.1) is 22.8 Å². The number of imidazole rings is 1. The van der Waals surface area contributed by atoms with E-state index < -0.39 is 0 Å². The quantitative estimate of drug-likeness (QED) is 0.756. The van der Waals surface area contributed by atoms with Gasteiger partial charge in [0, 0.05) is 25.0 Å². The standard InChI is InChI=1S/C15H16N4O2/c20-15-17-12-3-1-2-11(14(12)18-15)13-4-7-16-19(13)10-5-8-21-9-6-10/h1-4,7,10H,5-6,8-9H2,(H2,17,18,20). The zero-order chi connectivity index (χ0) is 14.2. The van der Waals surface area contributed by atoms with Crippen LogP contribution >= 0.6 is 0 Å². The maximum atomic E-state index is 11.5. The molecule has 21 heavy (non-hydrogen) atoms. The van der Waals surface area contributed by atoms with E-state index in [4.69, 9.17) is 4.74 Å². The molecule has 108 valence electrons. The number of para-hydroxylation sites is 1. The lowest BCUT2D eigenvalue weighted by atomic mass is 10.1. The molecule has 0 bridgehead atoms. The number of benzene rings is 1. The van der Waals surface area contributed by atoms with Gasteiger partial charge < -0.3 is 14.7 Å². The van der Waals surface area contributed by atoms with Crippen LogP contribution in [0.1, 0.15) is 18.9 Å². The largest absolute Gasteiger partial charge is 0.381 e. The lowest BCUT2D eigenvalue weighted by Crippen LogP contribution is -2.21. The molecule has 1 fully saturated rings. The molecule has 2 aromatic heterocycles. The molecule has 6 nitrogen and oxygen atoms in total. The highest BCUT2D eigenvalue weighted by molar-refractivity contribution is 5.90. The molecule has 0 unspecified atom stereocenters. The first-order chi connectivity index (χ1) is 10.3. The molecule has 0 atom stereocenters. The van der Waals surface area contributed by atoms with Gasteiger partial charge in [-0.05, 0) is 25.0 Å². The predicted octanol–water partition coefficient (Wildman–Crippen LogP) is 2.07. The van der Waals surface area contributed by atoms with Crippen LogP contribution in [0.2, 0.25) is 0 Å². The zero-order valence-electron chi connectivity index (χ0n) is 11.5. The topological polar surface area (TPSA) is 75.7 Å². The number of aromatic amines is 2. The summed E-state index contributed by atoms with van der Waals surface area (Å²) in [5, 5.41) is 4.49. The van der Waals surface area contributed by atoms with Crippen molar-refractivity contribution in [3.05, 3.63) is 40.9 Å². The number of ether oxygens (including phenoxy) is 1. The minimum absolute atomic E-state index is 0.186. The Bertz CT molecular complexity index is 823. The third-order valence-corrected chi connectivity index (χ3v) is 4.03. The van der Waals surface area contributed by atoms with E-state index in [1.807, 2.05) is 30.5 Å². The Balaban J connectivity index is 1.85. The van der Waals surface area contributed by atoms with Gasteiger partial charge in [-0.1, -0.05) is 12.1 Å². The Hall–Kier alpha value is -2.34. The lowest BCUT2D eigenvalue weighted by molar-refractivity contribution is 0.0667. The first kappa shape index (κ1) is 12.4. The van der Waals surface area contributed by atoms with Gasteiger partial charge in [0.1, 0.15) is 0 Å². The molecule has 1 aliphatic heterocycles.